The van der Waals surface area contributed by atoms with Crippen molar-refractivity contribution in [3.8, 4) is 0 Å². The molecule has 2 aliphatic heterocycles. The summed E-state index contributed by atoms with van der Waals surface area (Å²) in [5.41, 5.74) is 4.32. The molecule has 0 saturated heterocycles. The van der Waals surface area contributed by atoms with Gasteiger partial charge in [-0.1, -0.05) is 39.8 Å². The molecule has 0 bridgehead atoms. The number of rotatable bonds is 5. The zero-order valence-corrected chi connectivity index (χ0v) is 23.7. The molecule has 0 fully saturated rings. The molecule has 9 heteroatoms. The second-order valence-corrected chi connectivity index (χ2v) is 12.0. The summed E-state index contributed by atoms with van der Waals surface area (Å²) in [5.74, 6) is 0.164. The number of nitrogens with zero attached hydrogens (tertiary/aromatic N) is 5. The minimum atomic E-state index is -0.244. The molecular weight excluding hydrogens is 510 g/mol. The molecule has 2 amide bonds. The predicted octanol–water partition coefficient (Wildman–Crippen LogP) is 5.29. The molecule has 0 saturated carbocycles. The van der Waals surface area contributed by atoms with Crippen LogP contribution in [-0.4, -0.2) is 50.6 Å². The molecule has 1 unspecified atom stereocenters. The maximum atomic E-state index is 13.5. The van der Waals surface area contributed by atoms with Crippen molar-refractivity contribution in [2.45, 2.75) is 65.1 Å². The zero-order valence-electron chi connectivity index (χ0n) is 22.9. The van der Waals surface area contributed by atoms with Crippen LogP contribution in [0.2, 0.25) is 0 Å². The van der Waals surface area contributed by atoms with E-state index in [1.54, 1.807) is 46.5 Å². The van der Waals surface area contributed by atoms with Crippen LogP contribution in [0.25, 0.3) is 5.57 Å². The third-order valence-electron chi connectivity index (χ3n) is 7.39. The van der Waals surface area contributed by atoms with Gasteiger partial charge >= 0.3 is 0 Å². The molecule has 202 valence electrons. The average Bonchev–Trinajstić information content (AvgIpc) is 3.46. The Balaban J connectivity index is 1.58. The third-order valence-corrected chi connectivity index (χ3v) is 8.98. The van der Waals surface area contributed by atoms with Crippen LogP contribution in [0.3, 0.4) is 0 Å². The van der Waals surface area contributed by atoms with Gasteiger partial charge in [0.25, 0.3) is 11.8 Å². The Labute approximate surface area is 232 Å². The summed E-state index contributed by atoms with van der Waals surface area (Å²) in [7, 11) is 1.79. The van der Waals surface area contributed by atoms with E-state index in [-0.39, 0.29) is 35.6 Å². The van der Waals surface area contributed by atoms with E-state index in [4.69, 9.17) is 0 Å². The lowest BCUT2D eigenvalue weighted by atomic mass is 9.92. The van der Waals surface area contributed by atoms with Gasteiger partial charge in [0.05, 0.1) is 23.7 Å². The number of hydrogen-bond donors (Lipinski definition) is 1. The predicted molar refractivity (Wildman–Crippen MR) is 154 cm³/mol. The monoisotopic (exact) mass is 543 g/mol. The van der Waals surface area contributed by atoms with E-state index in [2.05, 4.69) is 48.7 Å². The summed E-state index contributed by atoms with van der Waals surface area (Å²) in [6.07, 6.45) is 6.13. The van der Waals surface area contributed by atoms with E-state index in [9.17, 15) is 14.7 Å². The smallest absolute Gasteiger partial charge is 0.272 e. The fourth-order valence-electron chi connectivity index (χ4n) is 5.13. The number of aromatic nitrogens is 2. The number of carbonyl (C=O) groups is 2. The lowest BCUT2D eigenvalue weighted by Gasteiger charge is -2.27. The molecule has 8 nitrogen and oxygen atoms in total. The number of hydrogen-bond acceptors (Lipinski definition) is 7. The molecule has 0 spiro atoms. The standard InChI is InChI=1S/C30H33N5O3S/c1-6-20-12-18(13-23(28(37)34(20)5)33-26-10-11-31-17-32-26)21-8-7-9-24(22(21)16-36)35-15-19-14-25(30(2,3)4)39-27(19)29(35)38/h7-11,13-14,17,20,36H,6,12,15-16H2,1-5H3. The number of carbonyl (C=O) groups excluding carboxylic acids is 2. The summed E-state index contributed by atoms with van der Waals surface area (Å²) >= 11 is 1.55. The highest BCUT2D eigenvalue weighted by molar-refractivity contribution is 7.14. The summed E-state index contributed by atoms with van der Waals surface area (Å²) in [6, 6.07) is 9.47. The van der Waals surface area contributed by atoms with Crippen molar-refractivity contribution in [1.29, 1.82) is 0 Å². The Morgan fingerprint density at radius 1 is 1.18 bits per heavy atom. The van der Waals surface area contributed by atoms with Gasteiger partial charge in [0.15, 0.2) is 5.82 Å². The molecule has 1 atom stereocenters. The lowest BCUT2D eigenvalue weighted by Crippen LogP contribution is -2.38. The molecule has 2 aromatic heterocycles. The number of aliphatic hydroxyl groups excluding tert-OH is 1. The maximum absolute atomic E-state index is 13.5. The first-order valence-corrected chi connectivity index (χ1v) is 13.9. The Hall–Kier alpha value is -3.69. The van der Waals surface area contributed by atoms with Crippen LogP contribution in [-0.2, 0) is 23.4 Å². The van der Waals surface area contributed by atoms with E-state index >= 15 is 0 Å². The molecule has 39 heavy (non-hydrogen) atoms. The zero-order chi connectivity index (χ0) is 27.9. The molecule has 4 heterocycles. The van der Waals surface area contributed by atoms with E-state index in [1.807, 2.05) is 18.2 Å². The van der Waals surface area contributed by atoms with E-state index in [0.29, 0.717) is 30.0 Å². The summed E-state index contributed by atoms with van der Waals surface area (Å²) < 4.78 is 0. The first-order chi connectivity index (χ1) is 18.6. The van der Waals surface area contributed by atoms with Gasteiger partial charge in [0.1, 0.15) is 12.0 Å². The third kappa shape index (κ3) is 5.04. The van der Waals surface area contributed by atoms with Gasteiger partial charge < -0.3 is 14.9 Å². The van der Waals surface area contributed by atoms with Gasteiger partial charge in [-0.2, -0.15) is 0 Å². The van der Waals surface area contributed by atoms with Crippen LogP contribution in [0.15, 0.2) is 53.9 Å². The topological polar surface area (TPSA) is 99.0 Å². The van der Waals surface area contributed by atoms with Crippen molar-refractivity contribution in [2.75, 3.05) is 11.9 Å². The van der Waals surface area contributed by atoms with Crippen LogP contribution < -0.4 is 4.90 Å². The average molecular weight is 544 g/mol. The van der Waals surface area contributed by atoms with Crippen molar-refractivity contribution in [2.24, 2.45) is 4.99 Å². The Kier molecular flexibility index (Phi) is 7.22. The summed E-state index contributed by atoms with van der Waals surface area (Å²) in [5, 5.41) is 10.6. The van der Waals surface area contributed by atoms with Crippen LogP contribution in [0.4, 0.5) is 11.5 Å². The second kappa shape index (κ2) is 10.5. The first-order valence-electron chi connectivity index (χ1n) is 13.1. The van der Waals surface area contributed by atoms with Gasteiger partial charge in [-0.3, -0.25) is 9.59 Å². The highest BCUT2D eigenvalue weighted by Gasteiger charge is 2.35. The molecule has 2 aliphatic rings. The molecule has 0 aliphatic carbocycles. The quantitative estimate of drug-likeness (QED) is 0.472. The molecule has 1 N–H and O–H groups in total. The second-order valence-electron chi connectivity index (χ2n) is 11.0. The van der Waals surface area contributed by atoms with E-state index in [1.165, 1.54) is 11.2 Å². The number of thiophene rings is 1. The number of aliphatic imine (C=N–C) groups is 1. The van der Waals surface area contributed by atoms with Gasteiger partial charge in [-0.25, -0.2) is 15.0 Å². The molecule has 3 aromatic rings. The maximum Gasteiger partial charge on any atom is 0.272 e. The number of aliphatic hydroxyl groups is 1. The number of amides is 2. The van der Waals surface area contributed by atoms with Gasteiger partial charge in [-0.05, 0) is 53.2 Å². The van der Waals surface area contributed by atoms with Crippen molar-refractivity contribution < 1.29 is 14.7 Å². The molecular formula is C30H33N5O3S. The summed E-state index contributed by atoms with van der Waals surface area (Å²) in [4.78, 5) is 45.0. The number of fused-ring (bicyclic) bond motifs is 1. The number of anilines is 1. The largest absolute Gasteiger partial charge is 0.392 e. The lowest BCUT2D eigenvalue weighted by molar-refractivity contribution is -0.124. The minimum absolute atomic E-state index is 0.0201. The van der Waals surface area contributed by atoms with E-state index in [0.717, 1.165) is 28.0 Å². The highest BCUT2D eigenvalue weighted by atomic mass is 32.1. The van der Waals surface area contributed by atoms with E-state index < -0.39 is 0 Å². The minimum Gasteiger partial charge on any atom is -0.392 e. The Morgan fingerprint density at radius 2 is 1.97 bits per heavy atom. The summed E-state index contributed by atoms with van der Waals surface area (Å²) in [6.45, 7) is 8.73. The van der Waals surface area contributed by atoms with Crippen LogP contribution in [0, 0.1) is 0 Å². The fourth-order valence-corrected chi connectivity index (χ4v) is 6.31. The van der Waals surface area contributed by atoms with Gasteiger partial charge in [-0.15, -0.1) is 11.3 Å². The van der Waals surface area contributed by atoms with Crippen molar-refractivity contribution in [1.82, 2.24) is 14.9 Å². The van der Waals surface area contributed by atoms with Crippen LogP contribution in [0.5, 0.6) is 0 Å². The highest BCUT2D eigenvalue weighted by Crippen LogP contribution is 2.41. The van der Waals surface area contributed by atoms with Gasteiger partial charge in [0.2, 0.25) is 0 Å². The molecule has 5 rings (SSSR count). The van der Waals surface area contributed by atoms with Crippen molar-refractivity contribution in [3.63, 3.8) is 0 Å². The van der Waals surface area contributed by atoms with Gasteiger partial charge in [0, 0.05) is 35.8 Å². The fraction of sp³-hybridized carbons (Fsp3) is 0.367. The Morgan fingerprint density at radius 3 is 2.62 bits per heavy atom. The normalized spacial score (nSPS) is 19.0. The van der Waals surface area contributed by atoms with Crippen LogP contribution in [0.1, 0.15) is 71.8 Å². The molecule has 0 radical (unpaired) electrons. The number of benzene rings is 1. The van der Waals surface area contributed by atoms with Crippen molar-refractivity contribution >= 4 is 45.9 Å². The Bertz CT molecular complexity index is 1490. The van der Waals surface area contributed by atoms with Crippen LogP contribution >= 0.6 is 11.3 Å². The SMILES string of the molecule is CCC1CC(c2cccc(N3Cc4cc(C(C)(C)C)sc4C3=O)c2CO)=CC(=Nc2ccncn2)C(=O)N1C. The molecule has 1 aromatic carbocycles. The first kappa shape index (κ1) is 26.9. The van der Waals surface area contributed by atoms with Crippen molar-refractivity contribution in [3.05, 3.63) is 75.4 Å².